The van der Waals surface area contributed by atoms with E-state index in [1.807, 2.05) is 19.1 Å². The van der Waals surface area contributed by atoms with Crippen LogP contribution in [-0.2, 0) is 6.54 Å². The lowest BCUT2D eigenvalue weighted by Crippen LogP contribution is -2.16. The van der Waals surface area contributed by atoms with Crippen LogP contribution in [-0.4, -0.2) is 24.9 Å². The number of ether oxygens (including phenoxy) is 1. The molecule has 0 bridgehead atoms. The lowest BCUT2D eigenvalue weighted by molar-refractivity contribution is 0.173. The molecule has 17 heavy (non-hydrogen) atoms. The average Bonchev–Trinajstić information content (AvgIpc) is 2.34. The summed E-state index contributed by atoms with van der Waals surface area (Å²) in [6, 6.07) is 6.20. The predicted molar refractivity (Wildman–Crippen MR) is 70.3 cm³/mol. The molecule has 0 spiro atoms. The third kappa shape index (κ3) is 4.75. The van der Waals surface area contributed by atoms with Gasteiger partial charge in [0.1, 0.15) is 5.75 Å². The number of nitrogens with one attached hydrogen (secondary N) is 1. The summed E-state index contributed by atoms with van der Waals surface area (Å²) in [5, 5.41) is 12.3. The molecule has 0 fully saturated rings. The van der Waals surface area contributed by atoms with Crippen LogP contribution >= 0.6 is 0 Å². The second kappa shape index (κ2) is 7.30. The fraction of sp³-hybridized carbons (Fsp3) is 0.571. The summed E-state index contributed by atoms with van der Waals surface area (Å²) in [5.74, 6) is 1.08. The van der Waals surface area contributed by atoms with Gasteiger partial charge in [0.2, 0.25) is 0 Å². The van der Waals surface area contributed by atoms with Crippen molar-refractivity contribution in [1.29, 1.82) is 0 Å². The third-order valence-electron chi connectivity index (χ3n) is 2.62. The molecule has 0 amide bonds. The van der Waals surface area contributed by atoms with E-state index in [0.717, 1.165) is 18.8 Å². The average molecular weight is 237 g/mol. The van der Waals surface area contributed by atoms with Crippen LogP contribution in [0.15, 0.2) is 18.2 Å². The Balaban J connectivity index is 2.68. The summed E-state index contributed by atoms with van der Waals surface area (Å²) >= 11 is 0. The fourth-order valence-electron chi connectivity index (χ4n) is 1.53. The van der Waals surface area contributed by atoms with E-state index in [4.69, 9.17) is 9.84 Å². The quantitative estimate of drug-likeness (QED) is 0.763. The first kappa shape index (κ1) is 14.0. The van der Waals surface area contributed by atoms with Gasteiger partial charge in [-0.1, -0.05) is 31.5 Å². The highest BCUT2D eigenvalue weighted by Gasteiger charge is 2.06. The number of hydrogen-bond acceptors (Lipinski definition) is 3. The zero-order valence-corrected chi connectivity index (χ0v) is 11.0. The Morgan fingerprint density at radius 1 is 1.41 bits per heavy atom. The number of aryl methyl sites for hydroxylation is 1. The van der Waals surface area contributed by atoms with Crippen molar-refractivity contribution in [3.05, 3.63) is 29.3 Å². The molecule has 0 aromatic heterocycles. The molecule has 1 unspecified atom stereocenters. The van der Waals surface area contributed by atoms with E-state index in [1.54, 1.807) is 0 Å². The van der Waals surface area contributed by atoms with Crippen molar-refractivity contribution in [1.82, 2.24) is 5.32 Å². The summed E-state index contributed by atoms with van der Waals surface area (Å²) in [6.45, 7) is 8.62. The third-order valence-corrected chi connectivity index (χ3v) is 2.62. The van der Waals surface area contributed by atoms with Crippen LogP contribution in [0, 0.1) is 12.8 Å². The number of aliphatic hydroxyl groups excluding tert-OH is 1. The molecule has 0 radical (unpaired) electrons. The summed E-state index contributed by atoms with van der Waals surface area (Å²) in [4.78, 5) is 0. The lowest BCUT2D eigenvalue weighted by Gasteiger charge is -2.15. The van der Waals surface area contributed by atoms with Crippen molar-refractivity contribution in [3.63, 3.8) is 0 Å². The maximum Gasteiger partial charge on any atom is 0.123 e. The molecule has 1 aromatic carbocycles. The normalized spacial score (nSPS) is 12.5. The standard InChI is InChI=1S/C14H23NO2/c1-4-15-8-13-7-11(2)5-6-14(13)17-10-12(3)9-16/h5-7,12,15-16H,4,8-10H2,1-3H3. The van der Waals surface area contributed by atoms with Crippen LogP contribution < -0.4 is 10.1 Å². The second-order valence-corrected chi connectivity index (χ2v) is 4.49. The Bertz CT molecular complexity index is 339. The van der Waals surface area contributed by atoms with Gasteiger partial charge in [-0.05, 0) is 19.5 Å². The van der Waals surface area contributed by atoms with Gasteiger partial charge in [-0.15, -0.1) is 0 Å². The van der Waals surface area contributed by atoms with Crippen molar-refractivity contribution in [2.75, 3.05) is 19.8 Å². The number of rotatable bonds is 7. The minimum Gasteiger partial charge on any atom is -0.493 e. The molecule has 3 nitrogen and oxygen atoms in total. The molecule has 0 aliphatic carbocycles. The highest BCUT2D eigenvalue weighted by atomic mass is 16.5. The zero-order chi connectivity index (χ0) is 12.7. The van der Waals surface area contributed by atoms with Gasteiger partial charge in [0.05, 0.1) is 6.61 Å². The van der Waals surface area contributed by atoms with Crippen molar-refractivity contribution in [2.24, 2.45) is 5.92 Å². The molecule has 0 heterocycles. The number of hydrogen-bond donors (Lipinski definition) is 2. The zero-order valence-electron chi connectivity index (χ0n) is 11.0. The molecular formula is C14H23NO2. The Morgan fingerprint density at radius 3 is 2.82 bits per heavy atom. The summed E-state index contributed by atoms with van der Waals surface area (Å²) in [5.41, 5.74) is 2.41. The first-order chi connectivity index (χ1) is 8.17. The van der Waals surface area contributed by atoms with E-state index in [2.05, 4.69) is 25.2 Å². The van der Waals surface area contributed by atoms with E-state index < -0.39 is 0 Å². The van der Waals surface area contributed by atoms with Crippen molar-refractivity contribution in [2.45, 2.75) is 27.3 Å². The van der Waals surface area contributed by atoms with E-state index in [0.29, 0.717) is 6.61 Å². The molecule has 1 aromatic rings. The van der Waals surface area contributed by atoms with E-state index in [-0.39, 0.29) is 12.5 Å². The van der Waals surface area contributed by atoms with Gasteiger partial charge in [-0.25, -0.2) is 0 Å². The van der Waals surface area contributed by atoms with Crippen LogP contribution in [0.25, 0.3) is 0 Å². The van der Waals surface area contributed by atoms with Gasteiger partial charge in [0.25, 0.3) is 0 Å². The molecule has 96 valence electrons. The summed E-state index contributed by atoms with van der Waals surface area (Å²) in [7, 11) is 0. The van der Waals surface area contributed by atoms with Crippen molar-refractivity contribution >= 4 is 0 Å². The van der Waals surface area contributed by atoms with Gasteiger partial charge in [0, 0.05) is 24.6 Å². The van der Waals surface area contributed by atoms with E-state index >= 15 is 0 Å². The van der Waals surface area contributed by atoms with E-state index in [1.165, 1.54) is 11.1 Å². The molecular weight excluding hydrogens is 214 g/mol. The Morgan fingerprint density at radius 2 is 2.18 bits per heavy atom. The first-order valence-electron chi connectivity index (χ1n) is 6.21. The molecule has 2 N–H and O–H groups in total. The van der Waals surface area contributed by atoms with Crippen LogP contribution in [0.3, 0.4) is 0 Å². The van der Waals surface area contributed by atoms with Crippen LogP contribution in [0.1, 0.15) is 25.0 Å². The second-order valence-electron chi connectivity index (χ2n) is 4.49. The number of aliphatic hydroxyl groups is 1. The highest BCUT2D eigenvalue weighted by Crippen LogP contribution is 2.20. The van der Waals surface area contributed by atoms with E-state index in [9.17, 15) is 0 Å². The van der Waals surface area contributed by atoms with Gasteiger partial charge >= 0.3 is 0 Å². The molecule has 1 atom stereocenters. The Kier molecular flexibility index (Phi) is 6.01. The Hall–Kier alpha value is -1.06. The highest BCUT2D eigenvalue weighted by molar-refractivity contribution is 5.36. The van der Waals surface area contributed by atoms with Crippen LogP contribution in [0.2, 0.25) is 0 Å². The fourth-order valence-corrected chi connectivity index (χ4v) is 1.53. The molecule has 0 aliphatic rings. The van der Waals surface area contributed by atoms with Crippen molar-refractivity contribution in [3.8, 4) is 5.75 Å². The molecule has 0 saturated carbocycles. The molecule has 1 rings (SSSR count). The van der Waals surface area contributed by atoms with Crippen molar-refractivity contribution < 1.29 is 9.84 Å². The van der Waals surface area contributed by atoms with Gasteiger partial charge in [-0.2, -0.15) is 0 Å². The van der Waals surface area contributed by atoms with Crippen LogP contribution in [0.5, 0.6) is 5.75 Å². The molecule has 3 heteroatoms. The minimum atomic E-state index is 0.161. The monoisotopic (exact) mass is 237 g/mol. The topological polar surface area (TPSA) is 41.5 Å². The maximum absolute atomic E-state index is 8.98. The first-order valence-corrected chi connectivity index (χ1v) is 6.21. The largest absolute Gasteiger partial charge is 0.493 e. The minimum absolute atomic E-state index is 0.161. The van der Waals surface area contributed by atoms with Gasteiger partial charge in [-0.3, -0.25) is 0 Å². The molecule has 0 saturated heterocycles. The molecule has 0 aliphatic heterocycles. The van der Waals surface area contributed by atoms with Gasteiger partial charge < -0.3 is 15.2 Å². The summed E-state index contributed by atoms with van der Waals surface area (Å²) in [6.07, 6.45) is 0. The van der Waals surface area contributed by atoms with Crippen LogP contribution in [0.4, 0.5) is 0 Å². The van der Waals surface area contributed by atoms with Gasteiger partial charge in [0.15, 0.2) is 0 Å². The maximum atomic E-state index is 8.98. The Labute approximate surface area is 104 Å². The predicted octanol–water partition coefficient (Wildman–Crippen LogP) is 2.11. The summed E-state index contributed by atoms with van der Waals surface area (Å²) < 4.78 is 5.74. The lowest BCUT2D eigenvalue weighted by atomic mass is 10.1. The number of benzene rings is 1. The smallest absolute Gasteiger partial charge is 0.123 e. The SMILES string of the molecule is CCNCc1cc(C)ccc1OCC(C)CO.